The van der Waals surface area contributed by atoms with Crippen molar-refractivity contribution in [1.82, 2.24) is 14.1 Å². The van der Waals surface area contributed by atoms with Gasteiger partial charge in [-0.2, -0.15) is 21.2 Å². The van der Waals surface area contributed by atoms with Gasteiger partial charge in [0.2, 0.25) is 10.0 Å². The molecule has 1 saturated heterocycles. The predicted octanol–water partition coefficient (Wildman–Crippen LogP) is 0.872. The van der Waals surface area contributed by atoms with Crippen LogP contribution in [0.15, 0.2) is 17.3 Å². The van der Waals surface area contributed by atoms with Crippen molar-refractivity contribution in [1.29, 1.82) is 0 Å². The number of aryl methyl sites for hydroxylation is 1. The van der Waals surface area contributed by atoms with Gasteiger partial charge < -0.3 is 5.11 Å². The van der Waals surface area contributed by atoms with Crippen LogP contribution in [-0.4, -0.2) is 57.2 Å². The number of carboxylic acid groups (broad SMARTS) is 1. The summed E-state index contributed by atoms with van der Waals surface area (Å²) in [7, 11) is -3.56. The Bertz CT molecular complexity index is 604. The maximum Gasteiger partial charge on any atom is 0.305 e. The lowest BCUT2D eigenvalue weighted by Crippen LogP contribution is -2.43. The van der Waals surface area contributed by atoms with Gasteiger partial charge in [0.05, 0.1) is 19.2 Å². The minimum Gasteiger partial charge on any atom is -0.481 e. The van der Waals surface area contributed by atoms with E-state index in [-0.39, 0.29) is 28.4 Å². The predicted molar refractivity (Wildman–Crippen MR) is 79.8 cm³/mol. The number of hydrogen-bond acceptors (Lipinski definition) is 5. The maximum absolute atomic E-state index is 12.6. The van der Waals surface area contributed by atoms with E-state index in [1.54, 1.807) is 11.8 Å². The number of sulfonamides is 1. The van der Waals surface area contributed by atoms with Gasteiger partial charge in [-0.1, -0.05) is 13.8 Å². The highest BCUT2D eigenvalue weighted by molar-refractivity contribution is 8.00. The lowest BCUT2D eigenvalue weighted by atomic mass is 10.4. The van der Waals surface area contributed by atoms with E-state index in [9.17, 15) is 13.2 Å². The standard InChI is InChI=1S/C12H19N3O4S2/c1-9-6-15(7-10(2)20-9)21(18,19)11-5-13-14(8-11)4-3-12(16)17/h5,8-10H,3-4,6-7H2,1-2H3,(H,16,17). The molecule has 1 N–H and O–H groups in total. The van der Waals surface area contributed by atoms with E-state index >= 15 is 0 Å². The molecule has 9 heteroatoms. The Morgan fingerprint density at radius 2 is 2.05 bits per heavy atom. The molecular formula is C12H19N3O4S2. The van der Waals surface area contributed by atoms with Crippen molar-refractivity contribution >= 4 is 27.8 Å². The number of carbonyl (C=O) groups is 1. The molecule has 118 valence electrons. The topological polar surface area (TPSA) is 92.5 Å². The molecule has 2 rings (SSSR count). The molecule has 0 amide bonds. The number of thioether (sulfide) groups is 1. The minimum atomic E-state index is -3.56. The lowest BCUT2D eigenvalue weighted by Gasteiger charge is -2.33. The molecule has 21 heavy (non-hydrogen) atoms. The molecule has 7 nitrogen and oxygen atoms in total. The number of aliphatic carboxylic acids is 1. The molecule has 0 radical (unpaired) electrons. The van der Waals surface area contributed by atoms with E-state index in [0.717, 1.165) is 0 Å². The lowest BCUT2D eigenvalue weighted by molar-refractivity contribution is -0.137. The quantitative estimate of drug-likeness (QED) is 0.859. The van der Waals surface area contributed by atoms with Gasteiger partial charge in [-0.05, 0) is 0 Å². The summed E-state index contributed by atoms with van der Waals surface area (Å²) in [5.74, 6) is -0.939. The van der Waals surface area contributed by atoms with Gasteiger partial charge in [0.15, 0.2) is 0 Å². The summed E-state index contributed by atoms with van der Waals surface area (Å²) in [6.07, 6.45) is 2.60. The van der Waals surface area contributed by atoms with Crippen molar-refractivity contribution in [2.45, 2.75) is 42.2 Å². The van der Waals surface area contributed by atoms with Crippen molar-refractivity contribution in [2.75, 3.05) is 13.1 Å². The Morgan fingerprint density at radius 3 is 2.62 bits per heavy atom. The fraction of sp³-hybridized carbons (Fsp3) is 0.667. The molecule has 1 aliphatic heterocycles. The van der Waals surface area contributed by atoms with Crippen LogP contribution in [0, 0.1) is 0 Å². The van der Waals surface area contributed by atoms with Crippen molar-refractivity contribution in [3.05, 3.63) is 12.4 Å². The SMILES string of the molecule is CC1CN(S(=O)(=O)c2cnn(CCC(=O)O)c2)CC(C)S1. The summed E-state index contributed by atoms with van der Waals surface area (Å²) in [6.45, 7) is 5.15. The number of hydrogen-bond donors (Lipinski definition) is 1. The van der Waals surface area contributed by atoms with E-state index in [4.69, 9.17) is 5.11 Å². The second-order valence-corrected chi connectivity index (χ2v) is 8.98. The summed E-state index contributed by atoms with van der Waals surface area (Å²) in [5, 5.41) is 13.1. The molecule has 0 aromatic carbocycles. The average Bonchev–Trinajstić information content (AvgIpc) is 2.84. The van der Waals surface area contributed by atoms with Gasteiger partial charge in [-0.25, -0.2) is 8.42 Å². The van der Waals surface area contributed by atoms with Crippen LogP contribution in [-0.2, 0) is 21.4 Å². The summed E-state index contributed by atoms with van der Waals surface area (Å²) < 4.78 is 28.0. The summed E-state index contributed by atoms with van der Waals surface area (Å²) >= 11 is 1.78. The number of aromatic nitrogens is 2. The van der Waals surface area contributed by atoms with E-state index in [1.807, 2.05) is 13.8 Å². The van der Waals surface area contributed by atoms with Crippen molar-refractivity contribution in [2.24, 2.45) is 0 Å². The first-order valence-electron chi connectivity index (χ1n) is 6.69. The highest BCUT2D eigenvalue weighted by Crippen LogP contribution is 2.28. The largest absolute Gasteiger partial charge is 0.481 e. The van der Waals surface area contributed by atoms with E-state index in [0.29, 0.717) is 13.1 Å². The zero-order chi connectivity index (χ0) is 15.6. The molecule has 2 heterocycles. The Morgan fingerprint density at radius 1 is 1.43 bits per heavy atom. The smallest absolute Gasteiger partial charge is 0.305 e. The van der Waals surface area contributed by atoms with E-state index in [1.165, 1.54) is 21.4 Å². The molecule has 1 aromatic rings. The van der Waals surface area contributed by atoms with Crippen LogP contribution in [0.4, 0.5) is 0 Å². The Labute approximate surface area is 128 Å². The van der Waals surface area contributed by atoms with Crippen LogP contribution < -0.4 is 0 Å². The molecule has 2 unspecified atom stereocenters. The van der Waals surface area contributed by atoms with E-state index in [2.05, 4.69) is 5.10 Å². The summed E-state index contributed by atoms with van der Waals surface area (Å²) in [5.41, 5.74) is 0. The molecule has 2 atom stereocenters. The fourth-order valence-electron chi connectivity index (χ4n) is 2.29. The first kappa shape index (κ1) is 16.3. The fourth-order valence-corrected chi connectivity index (χ4v) is 5.37. The van der Waals surface area contributed by atoms with Crippen LogP contribution >= 0.6 is 11.8 Å². The van der Waals surface area contributed by atoms with Gasteiger partial charge in [0.25, 0.3) is 0 Å². The first-order valence-corrected chi connectivity index (χ1v) is 9.07. The molecule has 1 aromatic heterocycles. The monoisotopic (exact) mass is 333 g/mol. The Balaban J connectivity index is 2.14. The zero-order valence-electron chi connectivity index (χ0n) is 12.0. The van der Waals surface area contributed by atoms with Gasteiger partial charge >= 0.3 is 5.97 Å². The van der Waals surface area contributed by atoms with Gasteiger partial charge in [-0.15, -0.1) is 0 Å². The molecular weight excluding hydrogens is 314 g/mol. The highest BCUT2D eigenvalue weighted by Gasteiger charge is 2.32. The molecule has 0 spiro atoms. The van der Waals surface area contributed by atoms with Crippen LogP contribution in [0.1, 0.15) is 20.3 Å². The molecule has 1 fully saturated rings. The van der Waals surface area contributed by atoms with Crippen LogP contribution in [0.3, 0.4) is 0 Å². The van der Waals surface area contributed by atoms with Gasteiger partial charge in [0, 0.05) is 29.8 Å². The average molecular weight is 333 g/mol. The Kier molecular flexibility index (Phi) is 4.95. The molecule has 0 aliphatic carbocycles. The molecule has 0 saturated carbocycles. The number of carboxylic acids is 1. The highest BCUT2D eigenvalue weighted by atomic mass is 32.2. The van der Waals surface area contributed by atoms with Gasteiger partial charge in [-0.3, -0.25) is 9.48 Å². The normalized spacial score (nSPS) is 24.1. The van der Waals surface area contributed by atoms with Crippen molar-refractivity contribution in [3.8, 4) is 0 Å². The first-order chi connectivity index (χ1) is 9.79. The van der Waals surface area contributed by atoms with Crippen molar-refractivity contribution < 1.29 is 18.3 Å². The van der Waals surface area contributed by atoms with Crippen molar-refractivity contribution in [3.63, 3.8) is 0 Å². The third kappa shape index (κ3) is 3.98. The summed E-state index contributed by atoms with van der Waals surface area (Å²) in [4.78, 5) is 10.7. The van der Waals surface area contributed by atoms with Crippen LogP contribution in [0.5, 0.6) is 0 Å². The third-order valence-electron chi connectivity index (χ3n) is 3.19. The third-order valence-corrected chi connectivity index (χ3v) is 6.20. The van der Waals surface area contributed by atoms with Gasteiger partial charge in [0.1, 0.15) is 4.90 Å². The Hall–Kier alpha value is -1.06. The minimum absolute atomic E-state index is 0.0877. The number of nitrogens with zero attached hydrogens (tertiary/aromatic N) is 3. The summed E-state index contributed by atoms with van der Waals surface area (Å²) in [6, 6.07) is 0. The van der Waals surface area contributed by atoms with Crippen LogP contribution in [0.2, 0.25) is 0 Å². The molecule has 1 aliphatic rings. The second kappa shape index (κ2) is 6.37. The molecule has 0 bridgehead atoms. The zero-order valence-corrected chi connectivity index (χ0v) is 13.6. The van der Waals surface area contributed by atoms with Crippen LogP contribution in [0.25, 0.3) is 0 Å². The maximum atomic E-state index is 12.6. The number of rotatable bonds is 5. The van der Waals surface area contributed by atoms with E-state index < -0.39 is 16.0 Å². The second-order valence-electron chi connectivity index (χ2n) is 5.16.